The van der Waals surface area contributed by atoms with Crippen LogP contribution in [0.1, 0.15) is 17.8 Å². The average Bonchev–Trinajstić information content (AvgIpc) is 2.84. The number of carbonyl (C=O) groups excluding carboxylic acids is 2. The van der Waals surface area contributed by atoms with Gasteiger partial charge in [-0.25, -0.2) is 9.78 Å². The van der Waals surface area contributed by atoms with Crippen molar-refractivity contribution >= 4 is 33.6 Å². The molecule has 20 heavy (non-hydrogen) atoms. The van der Waals surface area contributed by atoms with Crippen molar-refractivity contribution in [1.82, 2.24) is 10.3 Å². The lowest BCUT2D eigenvalue weighted by Gasteiger charge is -2.03. The molecule has 7 heteroatoms. The van der Waals surface area contributed by atoms with Crippen LogP contribution < -0.4 is 11.1 Å². The fourth-order valence-corrected chi connectivity index (χ4v) is 2.52. The summed E-state index contributed by atoms with van der Waals surface area (Å²) in [6.07, 6.45) is 0.743. The van der Waals surface area contributed by atoms with Gasteiger partial charge in [-0.1, -0.05) is 12.1 Å². The van der Waals surface area contributed by atoms with Crippen molar-refractivity contribution in [2.45, 2.75) is 19.4 Å². The standard InChI is InChI=1S/C13H15N3O3S/c14-13(18)15-7-3-6-12(17)19-8-11-16-9-4-1-2-5-10(9)20-11/h1-2,4-5H,3,6-8H2,(H3,14,15,18). The highest BCUT2D eigenvalue weighted by molar-refractivity contribution is 7.18. The van der Waals surface area contributed by atoms with E-state index in [1.165, 1.54) is 11.3 Å². The number of hydrogen-bond donors (Lipinski definition) is 2. The number of rotatable bonds is 6. The number of fused-ring (bicyclic) bond motifs is 1. The largest absolute Gasteiger partial charge is 0.458 e. The quantitative estimate of drug-likeness (QED) is 0.627. The molecule has 106 valence electrons. The van der Waals surface area contributed by atoms with Crippen LogP contribution in [-0.4, -0.2) is 23.5 Å². The number of aromatic nitrogens is 1. The van der Waals surface area contributed by atoms with Gasteiger partial charge >= 0.3 is 12.0 Å². The Morgan fingerprint density at radius 2 is 2.15 bits per heavy atom. The molecule has 2 aromatic rings. The topological polar surface area (TPSA) is 94.3 Å². The number of benzene rings is 1. The zero-order valence-corrected chi connectivity index (χ0v) is 11.6. The summed E-state index contributed by atoms with van der Waals surface area (Å²) in [5.41, 5.74) is 5.82. The van der Waals surface area contributed by atoms with Gasteiger partial charge in [-0.15, -0.1) is 11.3 Å². The minimum Gasteiger partial charge on any atom is -0.458 e. The maximum Gasteiger partial charge on any atom is 0.312 e. The summed E-state index contributed by atoms with van der Waals surface area (Å²) in [5.74, 6) is -0.310. The van der Waals surface area contributed by atoms with Crippen LogP contribution in [0.3, 0.4) is 0 Å². The molecule has 1 aromatic carbocycles. The zero-order chi connectivity index (χ0) is 14.4. The highest BCUT2D eigenvalue weighted by atomic mass is 32.1. The normalized spacial score (nSPS) is 10.4. The molecule has 0 aliphatic heterocycles. The van der Waals surface area contributed by atoms with E-state index in [-0.39, 0.29) is 19.0 Å². The van der Waals surface area contributed by atoms with Gasteiger partial charge in [0, 0.05) is 13.0 Å². The Kier molecular flexibility index (Phi) is 4.89. The molecule has 0 radical (unpaired) electrons. The van der Waals surface area contributed by atoms with Crippen LogP contribution in [-0.2, 0) is 16.1 Å². The molecule has 1 aromatic heterocycles. The number of esters is 1. The SMILES string of the molecule is NC(=O)NCCCC(=O)OCc1nc2ccccc2s1. The van der Waals surface area contributed by atoms with Gasteiger partial charge in [0.1, 0.15) is 11.6 Å². The molecule has 0 fully saturated rings. The van der Waals surface area contributed by atoms with E-state index in [0.29, 0.717) is 13.0 Å². The highest BCUT2D eigenvalue weighted by Crippen LogP contribution is 2.22. The lowest BCUT2D eigenvalue weighted by atomic mass is 10.3. The van der Waals surface area contributed by atoms with E-state index < -0.39 is 6.03 Å². The number of hydrogen-bond acceptors (Lipinski definition) is 5. The molecule has 0 atom stereocenters. The molecular weight excluding hydrogens is 278 g/mol. The van der Waals surface area contributed by atoms with Crippen molar-refractivity contribution in [3.8, 4) is 0 Å². The molecule has 6 nitrogen and oxygen atoms in total. The smallest absolute Gasteiger partial charge is 0.312 e. The lowest BCUT2D eigenvalue weighted by Crippen LogP contribution is -2.30. The molecule has 2 amide bonds. The predicted octanol–water partition coefficient (Wildman–Crippen LogP) is 1.79. The first-order valence-corrected chi connectivity index (χ1v) is 7.00. The van der Waals surface area contributed by atoms with Crippen LogP contribution in [0.25, 0.3) is 10.2 Å². The number of urea groups is 1. The van der Waals surface area contributed by atoms with Crippen LogP contribution in [0.2, 0.25) is 0 Å². The van der Waals surface area contributed by atoms with Crippen LogP contribution in [0.5, 0.6) is 0 Å². The summed E-state index contributed by atoms with van der Waals surface area (Å²) in [5, 5.41) is 3.19. The molecule has 2 rings (SSSR count). The monoisotopic (exact) mass is 293 g/mol. The van der Waals surface area contributed by atoms with E-state index in [1.54, 1.807) is 0 Å². The minimum absolute atomic E-state index is 0.182. The molecule has 1 heterocycles. The fourth-order valence-electron chi connectivity index (χ4n) is 1.64. The average molecular weight is 293 g/mol. The molecule has 0 bridgehead atoms. The van der Waals surface area contributed by atoms with E-state index in [0.717, 1.165) is 15.2 Å². The van der Waals surface area contributed by atoms with Gasteiger partial charge < -0.3 is 15.8 Å². The zero-order valence-electron chi connectivity index (χ0n) is 10.8. The first kappa shape index (κ1) is 14.3. The van der Waals surface area contributed by atoms with Crippen LogP contribution in [0, 0.1) is 0 Å². The van der Waals surface area contributed by atoms with Crippen molar-refractivity contribution in [3.63, 3.8) is 0 Å². The van der Waals surface area contributed by atoms with Gasteiger partial charge in [-0.05, 0) is 18.6 Å². The fraction of sp³-hybridized carbons (Fsp3) is 0.308. The maximum atomic E-state index is 11.5. The molecule has 0 aliphatic rings. The summed E-state index contributed by atoms with van der Waals surface area (Å²) in [6, 6.07) is 7.18. The Morgan fingerprint density at radius 3 is 2.90 bits per heavy atom. The van der Waals surface area contributed by atoms with Gasteiger partial charge in [0.05, 0.1) is 10.2 Å². The molecular formula is C13H15N3O3S. The van der Waals surface area contributed by atoms with Gasteiger partial charge in [-0.3, -0.25) is 4.79 Å². The Labute approximate surface area is 119 Å². The summed E-state index contributed by atoms with van der Waals surface area (Å²) in [6.45, 7) is 0.549. The minimum atomic E-state index is -0.590. The van der Waals surface area contributed by atoms with Crippen LogP contribution >= 0.6 is 11.3 Å². The van der Waals surface area contributed by atoms with E-state index in [2.05, 4.69) is 10.3 Å². The predicted molar refractivity (Wildman–Crippen MR) is 76.2 cm³/mol. The summed E-state index contributed by atoms with van der Waals surface area (Å²) >= 11 is 1.51. The summed E-state index contributed by atoms with van der Waals surface area (Å²) in [7, 11) is 0. The van der Waals surface area contributed by atoms with E-state index in [4.69, 9.17) is 10.5 Å². The second-order valence-corrected chi connectivity index (χ2v) is 5.25. The van der Waals surface area contributed by atoms with E-state index in [9.17, 15) is 9.59 Å². The van der Waals surface area contributed by atoms with Crippen LogP contribution in [0.4, 0.5) is 4.79 Å². The molecule has 0 aliphatic carbocycles. The number of nitrogens with two attached hydrogens (primary N) is 1. The number of thiazole rings is 1. The summed E-state index contributed by atoms with van der Waals surface area (Å²) in [4.78, 5) is 26.3. The number of primary amides is 1. The molecule has 3 N–H and O–H groups in total. The Hall–Kier alpha value is -2.15. The Bertz CT molecular complexity index is 579. The third-order valence-corrected chi connectivity index (χ3v) is 3.56. The van der Waals surface area contributed by atoms with Gasteiger partial charge in [0.2, 0.25) is 0 Å². The van der Waals surface area contributed by atoms with Gasteiger partial charge in [0.15, 0.2) is 0 Å². The second kappa shape index (κ2) is 6.85. The number of nitrogens with zero attached hydrogens (tertiary/aromatic N) is 1. The summed E-state index contributed by atoms with van der Waals surface area (Å²) < 4.78 is 6.20. The lowest BCUT2D eigenvalue weighted by molar-refractivity contribution is -0.145. The van der Waals surface area contributed by atoms with E-state index >= 15 is 0 Å². The number of carbonyl (C=O) groups is 2. The first-order chi connectivity index (χ1) is 9.65. The number of amides is 2. The Balaban J connectivity index is 1.74. The number of para-hydroxylation sites is 1. The van der Waals surface area contributed by atoms with Crippen molar-refractivity contribution < 1.29 is 14.3 Å². The van der Waals surface area contributed by atoms with Gasteiger partial charge in [-0.2, -0.15) is 0 Å². The molecule has 0 saturated heterocycles. The molecule has 0 saturated carbocycles. The van der Waals surface area contributed by atoms with Gasteiger partial charge in [0.25, 0.3) is 0 Å². The van der Waals surface area contributed by atoms with E-state index in [1.807, 2.05) is 24.3 Å². The van der Waals surface area contributed by atoms with Crippen molar-refractivity contribution in [2.24, 2.45) is 5.73 Å². The number of ether oxygens (including phenoxy) is 1. The van der Waals surface area contributed by atoms with Crippen molar-refractivity contribution in [2.75, 3.05) is 6.54 Å². The molecule has 0 unspecified atom stereocenters. The number of nitrogens with one attached hydrogen (secondary N) is 1. The Morgan fingerprint density at radius 1 is 1.35 bits per heavy atom. The van der Waals surface area contributed by atoms with Crippen LogP contribution in [0.15, 0.2) is 24.3 Å². The van der Waals surface area contributed by atoms with Crippen molar-refractivity contribution in [1.29, 1.82) is 0 Å². The third kappa shape index (κ3) is 4.20. The third-order valence-electron chi connectivity index (χ3n) is 2.55. The molecule has 0 spiro atoms. The maximum absolute atomic E-state index is 11.5. The van der Waals surface area contributed by atoms with Crippen molar-refractivity contribution in [3.05, 3.63) is 29.3 Å². The first-order valence-electron chi connectivity index (χ1n) is 6.18. The second-order valence-electron chi connectivity index (χ2n) is 4.13. The highest BCUT2D eigenvalue weighted by Gasteiger charge is 2.07.